The van der Waals surface area contributed by atoms with E-state index in [0.717, 1.165) is 5.92 Å². The van der Waals surface area contributed by atoms with Gasteiger partial charge in [-0.25, -0.2) is 0 Å². The molecule has 1 saturated carbocycles. The predicted octanol–water partition coefficient (Wildman–Crippen LogP) is 3.53. The molecule has 3 heteroatoms. The quantitative estimate of drug-likeness (QED) is 0.480. The number of rotatable bonds is 3. The molecule has 1 aliphatic rings. The van der Waals surface area contributed by atoms with Crippen molar-refractivity contribution in [2.24, 2.45) is 11.8 Å². The minimum Gasteiger partial charge on any atom is -0.271 e. The van der Waals surface area contributed by atoms with Gasteiger partial charge in [0.05, 0.1) is 6.04 Å². The summed E-state index contributed by atoms with van der Waals surface area (Å²) in [7, 11) is 0. The zero-order chi connectivity index (χ0) is 11.4. The first-order valence-corrected chi connectivity index (χ1v) is 7.21. The number of nitrogens with one attached hydrogen (secondary N) is 1. The molecule has 1 heterocycles. The molecule has 1 atom stereocenters. The van der Waals surface area contributed by atoms with Crippen molar-refractivity contribution < 1.29 is 0 Å². The highest BCUT2D eigenvalue weighted by molar-refractivity contribution is 7.10. The third-order valence-corrected chi connectivity index (χ3v) is 4.84. The predicted molar refractivity (Wildman–Crippen MR) is 70.3 cm³/mol. The van der Waals surface area contributed by atoms with Crippen LogP contribution in [-0.2, 0) is 0 Å². The number of nitrogens with two attached hydrogens (primary N) is 1. The summed E-state index contributed by atoms with van der Waals surface area (Å²) >= 11 is 1.84. The monoisotopic (exact) mass is 238 g/mol. The van der Waals surface area contributed by atoms with Crippen LogP contribution in [0.5, 0.6) is 0 Å². The summed E-state index contributed by atoms with van der Waals surface area (Å²) in [5.74, 6) is 6.50. The van der Waals surface area contributed by atoms with Gasteiger partial charge in [-0.2, -0.15) is 0 Å². The Balaban J connectivity index is 2.12. The first-order chi connectivity index (χ1) is 7.83. The van der Waals surface area contributed by atoms with Crippen molar-refractivity contribution in [3.63, 3.8) is 0 Å². The molecule has 2 rings (SSSR count). The van der Waals surface area contributed by atoms with Crippen LogP contribution in [0.4, 0.5) is 0 Å². The molecular weight excluding hydrogens is 216 g/mol. The zero-order valence-electron chi connectivity index (χ0n) is 10.0. The van der Waals surface area contributed by atoms with Crippen LogP contribution in [0, 0.1) is 12.8 Å². The van der Waals surface area contributed by atoms with Crippen molar-refractivity contribution >= 4 is 11.3 Å². The van der Waals surface area contributed by atoms with Gasteiger partial charge in [-0.15, -0.1) is 11.3 Å². The molecule has 0 radical (unpaired) electrons. The maximum atomic E-state index is 5.77. The van der Waals surface area contributed by atoms with Gasteiger partial charge >= 0.3 is 0 Å². The van der Waals surface area contributed by atoms with Crippen LogP contribution in [0.3, 0.4) is 0 Å². The SMILES string of the molecule is Cc1ccsc1C(NN)C1CCCCCC1. The van der Waals surface area contributed by atoms with Gasteiger partial charge < -0.3 is 0 Å². The summed E-state index contributed by atoms with van der Waals surface area (Å²) in [4.78, 5) is 1.44. The molecule has 0 bridgehead atoms. The number of hydrazine groups is 1. The molecule has 2 nitrogen and oxygen atoms in total. The minimum absolute atomic E-state index is 0.373. The maximum absolute atomic E-state index is 5.77. The van der Waals surface area contributed by atoms with E-state index in [1.54, 1.807) is 0 Å². The third-order valence-electron chi connectivity index (χ3n) is 3.73. The normalized spacial score (nSPS) is 20.6. The highest BCUT2D eigenvalue weighted by atomic mass is 32.1. The van der Waals surface area contributed by atoms with Gasteiger partial charge in [-0.05, 0) is 42.7 Å². The van der Waals surface area contributed by atoms with Crippen LogP contribution in [0.15, 0.2) is 11.4 Å². The molecule has 1 fully saturated rings. The van der Waals surface area contributed by atoms with Gasteiger partial charge in [0.25, 0.3) is 0 Å². The second-order valence-corrected chi connectivity index (χ2v) is 5.81. The lowest BCUT2D eigenvalue weighted by atomic mass is 9.90. The van der Waals surface area contributed by atoms with Gasteiger partial charge in [0, 0.05) is 4.88 Å². The lowest BCUT2D eigenvalue weighted by Crippen LogP contribution is -2.33. The van der Waals surface area contributed by atoms with Gasteiger partial charge in [-0.1, -0.05) is 25.7 Å². The molecule has 1 aromatic rings. The van der Waals surface area contributed by atoms with E-state index in [1.165, 1.54) is 49.0 Å². The number of hydrogen-bond donors (Lipinski definition) is 2. The van der Waals surface area contributed by atoms with Crippen molar-refractivity contribution in [3.05, 3.63) is 21.9 Å². The summed E-state index contributed by atoms with van der Waals surface area (Å²) in [6, 6.07) is 2.57. The van der Waals surface area contributed by atoms with E-state index >= 15 is 0 Å². The molecule has 0 spiro atoms. The maximum Gasteiger partial charge on any atom is 0.0584 e. The van der Waals surface area contributed by atoms with Gasteiger partial charge in [0.15, 0.2) is 0 Å². The standard InChI is InChI=1S/C13H22N2S/c1-10-8-9-16-13(10)12(15-14)11-6-4-2-3-5-7-11/h8-9,11-12,15H,2-7,14H2,1H3. The zero-order valence-corrected chi connectivity index (χ0v) is 10.9. The molecular formula is C13H22N2S. The van der Waals surface area contributed by atoms with Crippen molar-refractivity contribution in [2.75, 3.05) is 0 Å². The molecule has 0 aromatic carbocycles. The Morgan fingerprint density at radius 1 is 1.31 bits per heavy atom. The molecule has 1 aliphatic carbocycles. The van der Waals surface area contributed by atoms with Crippen molar-refractivity contribution in [2.45, 2.75) is 51.5 Å². The van der Waals surface area contributed by atoms with Crippen LogP contribution in [0.25, 0.3) is 0 Å². The summed E-state index contributed by atoms with van der Waals surface area (Å²) in [5, 5.41) is 2.17. The number of aryl methyl sites for hydroxylation is 1. The average molecular weight is 238 g/mol. The van der Waals surface area contributed by atoms with E-state index in [4.69, 9.17) is 5.84 Å². The van der Waals surface area contributed by atoms with Crippen LogP contribution in [-0.4, -0.2) is 0 Å². The Labute approximate surface area is 102 Å². The van der Waals surface area contributed by atoms with Crippen LogP contribution < -0.4 is 11.3 Å². The second-order valence-electron chi connectivity index (χ2n) is 4.86. The minimum atomic E-state index is 0.373. The van der Waals surface area contributed by atoms with Crippen LogP contribution in [0.1, 0.15) is 55.0 Å². The topological polar surface area (TPSA) is 38.0 Å². The van der Waals surface area contributed by atoms with Crippen molar-refractivity contribution in [3.8, 4) is 0 Å². The summed E-state index contributed by atoms with van der Waals surface area (Å²) in [6.07, 6.45) is 8.19. The summed E-state index contributed by atoms with van der Waals surface area (Å²) < 4.78 is 0. The Kier molecular flexibility index (Phi) is 4.38. The fraction of sp³-hybridized carbons (Fsp3) is 0.692. The fourth-order valence-corrected chi connectivity index (χ4v) is 3.85. The van der Waals surface area contributed by atoms with E-state index in [9.17, 15) is 0 Å². The van der Waals surface area contributed by atoms with E-state index in [-0.39, 0.29) is 0 Å². The Bertz CT molecular complexity index is 313. The average Bonchev–Trinajstić information content (AvgIpc) is 2.57. The highest BCUT2D eigenvalue weighted by Crippen LogP contribution is 2.36. The fourth-order valence-electron chi connectivity index (χ4n) is 2.77. The second kappa shape index (κ2) is 5.80. The molecule has 1 unspecified atom stereocenters. The molecule has 0 aliphatic heterocycles. The third kappa shape index (κ3) is 2.65. The first-order valence-electron chi connectivity index (χ1n) is 6.33. The molecule has 0 saturated heterocycles. The van der Waals surface area contributed by atoms with Crippen LogP contribution >= 0.6 is 11.3 Å². The molecule has 90 valence electrons. The van der Waals surface area contributed by atoms with E-state index < -0.39 is 0 Å². The molecule has 16 heavy (non-hydrogen) atoms. The van der Waals surface area contributed by atoms with Gasteiger partial charge in [0.1, 0.15) is 0 Å². The van der Waals surface area contributed by atoms with Crippen molar-refractivity contribution in [1.29, 1.82) is 0 Å². The Morgan fingerprint density at radius 3 is 2.50 bits per heavy atom. The molecule has 1 aromatic heterocycles. The summed E-state index contributed by atoms with van der Waals surface area (Å²) in [6.45, 7) is 2.19. The van der Waals surface area contributed by atoms with Gasteiger partial charge in [-0.3, -0.25) is 11.3 Å². The lowest BCUT2D eigenvalue weighted by molar-refractivity contribution is 0.332. The van der Waals surface area contributed by atoms with Gasteiger partial charge in [0.2, 0.25) is 0 Å². The number of hydrogen-bond acceptors (Lipinski definition) is 3. The van der Waals surface area contributed by atoms with Crippen LogP contribution in [0.2, 0.25) is 0 Å². The molecule has 0 amide bonds. The summed E-state index contributed by atoms with van der Waals surface area (Å²) in [5.41, 5.74) is 4.44. The van der Waals surface area contributed by atoms with Crippen molar-refractivity contribution in [1.82, 2.24) is 5.43 Å². The van der Waals surface area contributed by atoms with E-state index in [2.05, 4.69) is 23.8 Å². The highest BCUT2D eigenvalue weighted by Gasteiger charge is 2.25. The molecule has 3 N–H and O–H groups in total. The largest absolute Gasteiger partial charge is 0.271 e. The lowest BCUT2D eigenvalue weighted by Gasteiger charge is -2.25. The number of thiophene rings is 1. The van der Waals surface area contributed by atoms with E-state index in [0.29, 0.717) is 6.04 Å². The van der Waals surface area contributed by atoms with E-state index in [1.807, 2.05) is 11.3 Å². The Hall–Kier alpha value is -0.380. The first kappa shape index (κ1) is 12.1. The smallest absolute Gasteiger partial charge is 0.0584 e. The Morgan fingerprint density at radius 2 is 2.00 bits per heavy atom.